The fourth-order valence-corrected chi connectivity index (χ4v) is 3.46. The fourth-order valence-electron chi connectivity index (χ4n) is 3.26. The number of fused-ring (bicyclic) bond motifs is 2. The third-order valence-electron chi connectivity index (χ3n) is 4.44. The number of aromatic amines is 2. The highest BCUT2D eigenvalue weighted by atomic mass is 32.1. The van der Waals surface area contributed by atoms with Crippen LogP contribution >= 0.6 is 12.2 Å². The molecule has 3 aromatic rings. The molecular formula is C18H15N3O2S. The number of aryl methyl sites for hydroxylation is 1. The summed E-state index contributed by atoms with van der Waals surface area (Å²) in [5.74, 6) is -0.154. The van der Waals surface area contributed by atoms with Gasteiger partial charge in [0.1, 0.15) is 0 Å². The van der Waals surface area contributed by atoms with Crippen molar-refractivity contribution in [1.29, 1.82) is 0 Å². The van der Waals surface area contributed by atoms with E-state index in [9.17, 15) is 9.59 Å². The molecule has 24 heavy (non-hydrogen) atoms. The van der Waals surface area contributed by atoms with Gasteiger partial charge in [-0.15, -0.1) is 0 Å². The number of rotatable bonds is 2. The first-order valence-corrected chi connectivity index (χ1v) is 8.18. The summed E-state index contributed by atoms with van der Waals surface area (Å²) in [6.45, 7) is 0. The zero-order chi connectivity index (χ0) is 16.7. The predicted molar refractivity (Wildman–Crippen MR) is 94.7 cm³/mol. The number of amides is 1. The minimum atomic E-state index is -0.259. The van der Waals surface area contributed by atoms with Gasteiger partial charge in [0.05, 0.1) is 16.9 Å². The standard InChI is InChI=1S/C18H15N3O2S/c22-16(19-14-8-6-10-3-1-2-4-12(10)14)11-5-7-13-15(9-11)20-18(24)21-17(13)23/h1-5,7,9,14H,6,8H2,(H,19,22)(H2,20,21,23,24)/t14-/m1/s1. The van der Waals surface area contributed by atoms with Crippen LogP contribution in [0.4, 0.5) is 0 Å². The number of hydrogen-bond acceptors (Lipinski definition) is 3. The van der Waals surface area contributed by atoms with E-state index in [1.54, 1.807) is 18.2 Å². The maximum Gasteiger partial charge on any atom is 0.259 e. The first-order valence-electron chi connectivity index (χ1n) is 7.77. The molecule has 0 saturated heterocycles. The molecule has 120 valence electrons. The highest BCUT2D eigenvalue weighted by Crippen LogP contribution is 2.30. The Morgan fingerprint density at radius 1 is 1.17 bits per heavy atom. The zero-order valence-corrected chi connectivity index (χ0v) is 13.6. The van der Waals surface area contributed by atoms with E-state index in [0.29, 0.717) is 16.5 Å². The largest absolute Gasteiger partial charge is 0.345 e. The normalized spacial score (nSPS) is 16.1. The second-order valence-corrected chi connectivity index (χ2v) is 6.34. The second kappa shape index (κ2) is 5.72. The Morgan fingerprint density at radius 2 is 2.00 bits per heavy atom. The van der Waals surface area contributed by atoms with E-state index < -0.39 is 0 Å². The van der Waals surface area contributed by atoms with Gasteiger partial charge in [-0.05, 0) is 54.4 Å². The van der Waals surface area contributed by atoms with Crippen molar-refractivity contribution in [1.82, 2.24) is 15.3 Å². The molecule has 1 amide bonds. The quantitative estimate of drug-likeness (QED) is 0.629. The summed E-state index contributed by atoms with van der Waals surface area (Å²) in [7, 11) is 0. The Morgan fingerprint density at radius 3 is 2.88 bits per heavy atom. The molecular weight excluding hydrogens is 322 g/mol. The summed E-state index contributed by atoms with van der Waals surface area (Å²) in [6, 6.07) is 13.2. The minimum absolute atomic E-state index is 0.0297. The molecule has 3 N–H and O–H groups in total. The van der Waals surface area contributed by atoms with E-state index in [1.165, 1.54) is 11.1 Å². The molecule has 1 heterocycles. The molecule has 4 rings (SSSR count). The van der Waals surface area contributed by atoms with Crippen LogP contribution in [-0.4, -0.2) is 15.9 Å². The Labute approximate surface area is 142 Å². The van der Waals surface area contributed by atoms with Crippen LogP contribution in [0.5, 0.6) is 0 Å². The number of benzene rings is 2. The summed E-state index contributed by atoms with van der Waals surface area (Å²) in [4.78, 5) is 29.9. The smallest absolute Gasteiger partial charge is 0.259 e. The lowest BCUT2D eigenvalue weighted by atomic mass is 10.1. The fraction of sp³-hybridized carbons (Fsp3) is 0.167. The van der Waals surface area contributed by atoms with Gasteiger partial charge >= 0.3 is 0 Å². The minimum Gasteiger partial charge on any atom is -0.345 e. The van der Waals surface area contributed by atoms with Gasteiger partial charge in [0, 0.05) is 5.56 Å². The van der Waals surface area contributed by atoms with Gasteiger partial charge in [0.15, 0.2) is 4.77 Å². The number of H-pyrrole nitrogens is 2. The van der Waals surface area contributed by atoms with Gasteiger partial charge in [-0.1, -0.05) is 24.3 Å². The van der Waals surface area contributed by atoms with Crippen LogP contribution in [0.15, 0.2) is 47.3 Å². The molecule has 0 fully saturated rings. The Kier molecular flexibility index (Phi) is 3.54. The monoisotopic (exact) mass is 337 g/mol. The Bertz CT molecular complexity index is 1070. The molecule has 0 saturated carbocycles. The molecule has 2 aromatic carbocycles. The average Bonchev–Trinajstić information content (AvgIpc) is 2.97. The third-order valence-corrected chi connectivity index (χ3v) is 4.64. The van der Waals surface area contributed by atoms with Crippen molar-refractivity contribution in [2.75, 3.05) is 0 Å². The first kappa shape index (κ1) is 14.8. The van der Waals surface area contributed by atoms with Crippen LogP contribution in [0, 0.1) is 4.77 Å². The molecule has 1 aromatic heterocycles. The van der Waals surface area contributed by atoms with Gasteiger partial charge < -0.3 is 10.3 Å². The Hall–Kier alpha value is -2.73. The van der Waals surface area contributed by atoms with E-state index >= 15 is 0 Å². The number of carbonyl (C=O) groups excluding carboxylic acids is 1. The van der Waals surface area contributed by atoms with Crippen molar-refractivity contribution in [3.63, 3.8) is 0 Å². The summed E-state index contributed by atoms with van der Waals surface area (Å²) >= 11 is 4.98. The molecule has 0 radical (unpaired) electrons. The van der Waals surface area contributed by atoms with Crippen molar-refractivity contribution >= 4 is 29.0 Å². The lowest BCUT2D eigenvalue weighted by Gasteiger charge is -2.14. The number of nitrogens with one attached hydrogen (secondary N) is 3. The van der Waals surface area contributed by atoms with Crippen molar-refractivity contribution in [3.05, 3.63) is 74.3 Å². The number of hydrogen-bond donors (Lipinski definition) is 3. The van der Waals surface area contributed by atoms with E-state index in [4.69, 9.17) is 12.2 Å². The van der Waals surface area contributed by atoms with E-state index in [-0.39, 0.29) is 22.3 Å². The van der Waals surface area contributed by atoms with Crippen LogP contribution in [-0.2, 0) is 6.42 Å². The van der Waals surface area contributed by atoms with Crippen molar-refractivity contribution < 1.29 is 4.79 Å². The van der Waals surface area contributed by atoms with E-state index in [1.807, 2.05) is 12.1 Å². The maximum atomic E-state index is 12.6. The van der Waals surface area contributed by atoms with Crippen LogP contribution in [0.25, 0.3) is 10.9 Å². The lowest BCUT2D eigenvalue weighted by Crippen LogP contribution is -2.27. The summed E-state index contributed by atoms with van der Waals surface area (Å²) < 4.78 is 0.245. The number of aromatic nitrogens is 2. The molecule has 0 aliphatic heterocycles. The highest BCUT2D eigenvalue weighted by molar-refractivity contribution is 7.71. The van der Waals surface area contributed by atoms with Gasteiger partial charge in [-0.25, -0.2) is 0 Å². The van der Waals surface area contributed by atoms with Crippen LogP contribution in [0.3, 0.4) is 0 Å². The predicted octanol–water partition coefficient (Wildman–Crippen LogP) is 3.00. The maximum absolute atomic E-state index is 12.6. The van der Waals surface area contributed by atoms with Gasteiger partial charge in [-0.3, -0.25) is 14.6 Å². The SMILES string of the molecule is O=C(N[C@@H]1CCc2ccccc21)c1ccc2c(=O)[nH]c(=S)[nH]c2c1. The summed E-state index contributed by atoms with van der Waals surface area (Å²) in [5.41, 5.74) is 3.27. The van der Waals surface area contributed by atoms with Gasteiger partial charge in [0.25, 0.3) is 11.5 Å². The Balaban J connectivity index is 1.65. The van der Waals surface area contributed by atoms with Crippen LogP contribution < -0.4 is 10.9 Å². The van der Waals surface area contributed by atoms with Crippen molar-refractivity contribution in [2.24, 2.45) is 0 Å². The third kappa shape index (κ3) is 2.55. The molecule has 1 aliphatic carbocycles. The molecule has 0 unspecified atom stereocenters. The van der Waals surface area contributed by atoms with Gasteiger partial charge in [-0.2, -0.15) is 0 Å². The molecule has 0 bridgehead atoms. The van der Waals surface area contributed by atoms with Crippen LogP contribution in [0.1, 0.15) is 33.9 Å². The van der Waals surface area contributed by atoms with Crippen LogP contribution in [0.2, 0.25) is 0 Å². The van der Waals surface area contributed by atoms with E-state index in [0.717, 1.165) is 12.8 Å². The summed E-state index contributed by atoms with van der Waals surface area (Å²) in [5, 5.41) is 3.56. The molecule has 6 heteroatoms. The topological polar surface area (TPSA) is 77.8 Å². The lowest BCUT2D eigenvalue weighted by molar-refractivity contribution is 0.0937. The van der Waals surface area contributed by atoms with E-state index in [2.05, 4.69) is 27.4 Å². The molecule has 1 aliphatic rings. The van der Waals surface area contributed by atoms with Gasteiger partial charge in [0.2, 0.25) is 0 Å². The average molecular weight is 337 g/mol. The molecule has 1 atom stereocenters. The summed E-state index contributed by atoms with van der Waals surface area (Å²) in [6.07, 6.45) is 1.88. The number of carbonyl (C=O) groups is 1. The highest BCUT2D eigenvalue weighted by Gasteiger charge is 2.23. The van der Waals surface area contributed by atoms with Crippen molar-refractivity contribution in [2.45, 2.75) is 18.9 Å². The zero-order valence-electron chi connectivity index (χ0n) is 12.8. The molecule has 0 spiro atoms. The first-order chi connectivity index (χ1) is 11.6. The second-order valence-electron chi connectivity index (χ2n) is 5.93. The molecule has 5 nitrogen and oxygen atoms in total. The van der Waals surface area contributed by atoms with Crippen molar-refractivity contribution in [3.8, 4) is 0 Å².